The van der Waals surface area contributed by atoms with Crippen molar-refractivity contribution < 1.29 is 13.4 Å². The molecule has 1 N–H and O–H groups in total. The van der Waals surface area contributed by atoms with E-state index in [4.69, 9.17) is 0 Å². The molecule has 2 unspecified atom stereocenters. The van der Waals surface area contributed by atoms with Crippen LogP contribution in [0.1, 0.15) is 37.5 Å². The van der Waals surface area contributed by atoms with Crippen molar-refractivity contribution in [2.24, 2.45) is 0 Å². The van der Waals surface area contributed by atoms with Gasteiger partial charge in [0.25, 0.3) is 0 Å². The SMILES string of the molecule is CC(=O)NC(C)C1=C(C)C(=Cc2ccc(S(C)=O)cc2)c2ccc(F)cc21. The van der Waals surface area contributed by atoms with Gasteiger partial charge in [0.2, 0.25) is 5.91 Å². The first kappa shape index (κ1) is 19.2. The monoisotopic (exact) mass is 383 g/mol. The van der Waals surface area contributed by atoms with Gasteiger partial charge in [0.15, 0.2) is 0 Å². The minimum absolute atomic E-state index is 0.124. The van der Waals surface area contributed by atoms with Crippen molar-refractivity contribution >= 4 is 33.9 Å². The molecule has 0 saturated heterocycles. The summed E-state index contributed by atoms with van der Waals surface area (Å²) in [5, 5.41) is 2.90. The van der Waals surface area contributed by atoms with Crippen molar-refractivity contribution in [3.05, 3.63) is 70.5 Å². The first-order chi connectivity index (χ1) is 12.8. The summed E-state index contributed by atoms with van der Waals surface area (Å²) >= 11 is 0. The maximum atomic E-state index is 13.9. The lowest BCUT2D eigenvalue weighted by Gasteiger charge is -2.16. The first-order valence-electron chi connectivity index (χ1n) is 8.71. The molecule has 0 fully saturated rings. The van der Waals surface area contributed by atoms with Crippen molar-refractivity contribution in [2.45, 2.75) is 31.7 Å². The summed E-state index contributed by atoms with van der Waals surface area (Å²) in [5.74, 6) is -0.425. The van der Waals surface area contributed by atoms with E-state index in [1.807, 2.05) is 44.2 Å². The van der Waals surface area contributed by atoms with Gasteiger partial charge in [0.1, 0.15) is 5.82 Å². The molecule has 2 aromatic rings. The highest BCUT2D eigenvalue weighted by atomic mass is 32.2. The number of hydrogen-bond donors (Lipinski definition) is 1. The van der Waals surface area contributed by atoms with Crippen molar-refractivity contribution in [3.63, 3.8) is 0 Å². The second kappa shape index (κ2) is 7.61. The number of nitrogens with one attached hydrogen (secondary N) is 1. The molecule has 0 bridgehead atoms. The smallest absolute Gasteiger partial charge is 0.217 e. The van der Waals surface area contributed by atoms with Gasteiger partial charge in [0.05, 0.1) is 6.04 Å². The molecule has 0 heterocycles. The van der Waals surface area contributed by atoms with Crippen molar-refractivity contribution in [1.82, 2.24) is 5.32 Å². The number of benzene rings is 2. The highest BCUT2D eigenvalue weighted by Crippen LogP contribution is 2.43. The fourth-order valence-corrected chi connectivity index (χ4v) is 4.09. The largest absolute Gasteiger partial charge is 0.350 e. The van der Waals surface area contributed by atoms with E-state index in [0.29, 0.717) is 0 Å². The molecule has 2 atom stereocenters. The standard InChI is InChI=1S/C22H22FNO2S/c1-13-20(11-16-5-8-18(9-6-16)27(4)26)19-10-7-17(23)12-21(19)22(13)14(2)24-15(3)25/h5-12,14H,1-4H3,(H,24,25). The molecule has 0 aromatic heterocycles. The average Bonchev–Trinajstić information content (AvgIpc) is 2.86. The maximum Gasteiger partial charge on any atom is 0.217 e. The minimum Gasteiger partial charge on any atom is -0.350 e. The Morgan fingerprint density at radius 2 is 1.81 bits per heavy atom. The molecule has 2 aromatic carbocycles. The van der Waals surface area contributed by atoms with Gasteiger partial charge in [-0.3, -0.25) is 9.00 Å². The normalized spacial score (nSPS) is 17.0. The summed E-state index contributed by atoms with van der Waals surface area (Å²) < 4.78 is 25.5. The van der Waals surface area contributed by atoms with Gasteiger partial charge in [-0.2, -0.15) is 0 Å². The average molecular weight is 383 g/mol. The molecule has 1 aliphatic carbocycles. The van der Waals surface area contributed by atoms with E-state index < -0.39 is 10.8 Å². The van der Waals surface area contributed by atoms with Crippen LogP contribution in [0.5, 0.6) is 0 Å². The molecule has 140 valence electrons. The van der Waals surface area contributed by atoms with Gasteiger partial charge in [0, 0.05) is 28.9 Å². The van der Waals surface area contributed by atoms with Crippen molar-refractivity contribution in [2.75, 3.05) is 6.26 Å². The Hall–Kier alpha value is -2.53. The Morgan fingerprint density at radius 3 is 2.41 bits per heavy atom. The van der Waals surface area contributed by atoms with Crippen LogP contribution in [-0.4, -0.2) is 22.4 Å². The third kappa shape index (κ3) is 3.93. The number of rotatable bonds is 4. The molecule has 0 saturated carbocycles. The van der Waals surface area contributed by atoms with Gasteiger partial charge in [-0.05, 0) is 77.6 Å². The van der Waals surface area contributed by atoms with Crippen LogP contribution >= 0.6 is 0 Å². The van der Waals surface area contributed by atoms with E-state index in [9.17, 15) is 13.4 Å². The van der Waals surface area contributed by atoms with Crippen LogP contribution in [0.25, 0.3) is 17.2 Å². The highest BCUT2D eigenvalue weighted by molar-refractivity contribution is 7.84. The Morgan fingerprint density at radius 1 is 1.15 bits per heavy atom. The number of amides is 1. The summed E-state index contributed by atoms with van der Waals surface area (Å²) in [4.78, 5) is 12.3. The molecule has 1 aliphatic rings. The van der Waals surface area contributed by atoms with Crippen LogP contribution in [0.2, 0.25) is 0 Å². The highest BCUT2D eigenvalue weighted by Gasteiger charge is 2.27. The Bertz CT molecular complexity index is 990. The maximum absolute atomic E-state index is 13.9. The number of fused-ring (bicyclic) bond motifs is 1. The molecular formula is C22H22FNO2S. The zero-order valence-corrected chi connectivity index (χ0v) is 16.6. The fourth-order valence-electron chi connectivity index (χ4n) is 3.57. The number of halogens is 1. The lowest BCUT2D eigenvalue weighted by atomic mass is 9.99. The van der Waals surface area contributed by atoms with E-state index in [2.05, 4.69) is 5.32 Å². The second-order valence-corrected chi connectivity index (χ2v) is 8.11. The van der Waals surface area contributed by atoms with Gasteiger partial charge in [-0.1, -0.05) is 18.2 Å². The quantitative estimate of drug-likeness (QED) is 0.850. The lowest BCUT2D eigenvalue weighted by Crippen LogP contribution is -2.31. The molecule has 5 heteroatoms. The lowest BCUT2D eigenvalue weighted by molar-refractivity contribution is -0.119. The zero-order valence-electron chi connectivity index (χ0n) is 15.8. The molecule has 0 aliphatic heterocycles. The zero-order chi connectivity index (χ0) is 19.7. The van der Waals surface area contributed by atoms with Crippen LogP contribution in [0, 0.1) is 5.82 Å². The first-order valence-corrected chi connectivity index (χ1v) is 10.3. The van der Waals surface area contributed by atoms with Crippen LogP contribution in [0.3, 0.4) is 0 Å². The minimum atomic E-state index is -1.02. The molecule has 27 heavy (non-hydrogen) atoms. The summed E-state index contributed by atoms with van der Waals surface area (Å²) in [6.45, 7) is 5.37. The molecule has 0 radical (unpaired) electrons. The molecule has 1 amide bonds. The van der Waals surface area contributed by atoms with Crippen molar-refractivity contribution in [1.29, 1.82) is 0 Å². The Balaban J connectivity index is 2.10. The number of carbonyl (C=O) groups excluding carboxylic acids is 1. The van der Waals surface area contributed by atoms with E-state index in [-0.39, 0.29) is 17.8 Å². The van der Waals surface area contributed by atoms with Gasteiger partial charge >= 0.3 is 0 Å². The summed E-state index contributed by atoms with van der Waals surface area (Å²) in [5.41, 5.74) is 5.68. The molecule has 3 nitrogen and oxygen atoms in total. The second-order valence-electron chi connectivity index (χ2n) is 6.73. The van der Waals surface area contributed by atoms with Crippen LogP contribution in [-0.2, 0) is 15.6 Å². The molecule has 0 spiro atoms. The molecule has 3 rings (SSSR count). The third-order valence-electron chi connectivity index (χ3n) is 4.75. The van der Waals surface area contributed by atoms with Crippen LogP contribution in [0.15, 0.2) is 52.9 Å². The summed E-state index contributed by atoms with van der Waals surface area (Å²) in [6, 6.07) is 12.1. The van der Waals surface area contributed by atoms with Crippen molar-refractivity contribution in [3.8, 4) is 0 Å². The fraction of sp³-hybridized carbons (Fsp3) is 0.227. The summed E-state index contributed by atoms with van der Waals surface area (Å²) in [7, 11) is -1.02. The Kier molecular flexibility index (Phi) is 5.42. The van der Waals surface area contributed by atoms with Gasteiger partial charge in [-0.25, -0.2) is 4.39 Å². The third-order valence-corrected chi connectivity index (χ3v) is 5.68. The van der Waals surface area contributed by atoms with Gasteiger partial charge in [-0.15, -0.1) is 0 Å². The number of carbonyl (C=O) groups is 1. The number of hydrogen-bond acceptors (Lipinski definition) is 2. The predicted octanol–water partition coefficient (Wildman–Crippen LogP) is 4.42. The van der Waals surface area contributed by atoms with E-state index >= 15 is 0 Å². The molecular weight excluding hydrogens is 361 g/mol. The number of allylic oxidation sites excluding steroid dienone is 2. The topological polar surface area (TPSA) is 46.2 Å². The predicted molar refractivity (Wildman–Crippen MR) is 109 cm³/mol. The van der Waals surface area contributed by atoms with E-state index in [0.717, 1.165) is 38.3 Å². The Labute approximate surface area is 161 Å². The summed E-state index contributed by atoms with van der Waals surface area (Å²) in [6.07, 6.45) is 3.69. The van der Waals surface area contributed by atoms with Crippen LogP contribution < -0.4 is 5.32 Å². The van der Waals surface area contributed by atoms with Gasteiger partial charge < -0.3 is 5.32 Å². The van der Waals surface area contributed by atoms with E-state index in [1.54, 1.807) is 12.3 Å². The van der Waals surface area contributed by atoms with Crippen LogP contribution in [0.4, 0.5) is 4.39 Å². The van der Waals surface area contributed by atoms with E-state index in [1.165, 1.54) is 19.1 Å².